The molecule has 0 amide bonds. The van der Waals surface area contributed by atoms with Gasteiger partial charge in [-0.05, 0) is 23.6 Å². The lowest BCUT2D eigenvalue weighted by Gasteiger charge is -2.02. The van der Waals surface area contributed by atoms with E-state index in [1.54, 1.807) is 6.07 Å². The Bertz CT molecular complexity index is 321. The molecule has 13 heavy (non-hydrogen) atoms. The second-order valence-electron chi connectivity index (χ2n) is 2.85. The van der Waals surface area contributed by atoms with Gasteiger partial charge in [0.1, 0.15) is 5.82 Å². The lowest BCUT2D eigenvalue weighted by Crippen LogP contribution is -2.01. The fraction of sp³-hybridized carbons (Fsp3) is 0.300. The normalized spacial score (nSPS) is 10.0. The van der Waals surface area contributed by atoms with Crippen LogP contribution in [0.3, 0.4) is 0 Å². The molecule has 2 nitrogen and oxygen atoms in total. The molecule has 0 saturated carbocycles. The summed E-state index contributed by atoms with van der Waals surface area (Å²) in [6.07, 6.45) is 0.534. The van der Waals surface area contributed by atoms with E-state index >= 15 is 0 Å². The lowest BCUT2D eigenvalue weighted by molar-refractivity contribution is -0.136. The van der Waals surface area contributed by atoms with Crippen LogP contribution in [0.15, 0.2) is 18.2 Å². The van der Waals surface area contributed by atoms with E-state index in [4.69, 9.17) is 5.11 Å². The summed E-state index contributed by atoms with van der Waals surface area (Å²) in [5.41, 5.74) is 1.21. The summed E-state index contributed by atoms with van der Waals surface area (Å²) in [6.45, 7) is 1.84. The number of carboxylic acid groups (broad SMARTS) is 1. The topological polar surface area (TPSA) is 37.3 Å². The van der Waals surface area contributed by atoms with Crippen LogP contribution in [0.25, 0.3) is 0 Å². The van der Waals surface area contributed by atoms with Gasteiger partial charge < -0.3 is 5.11 Å². The molecule has 0 bridgehead atoms. The molecule has 0 heterocycles. The number of hydrogen-bond donors (Lipinski definition) is 1. The largest absolute Gasteiger partial charge is 0.481 e. The summed E-state index contributed by atoms with van der Waals surface area (Å²) in [4.78, 5) is 10.4. The van der Waals surface area contributed by atoms with E-state index in [0.717, 1.165) is 0 Å². The highest BCUT2D eigenvalue weighted by Crippen LogP contribution is 2.11. The van der Waals surface area contributed by atoms with Crippen molar-refractivity contribution in [2.45, 2.75) is 19.8 Å². The van der Waals surface area contributed by atoms with Gasteiger partial charge in [0.15, 0.2) is 0 Å². The van der Waals surface area contributed by atoms with Crippen molar-refractivity contribution in [1.29, 1.82) is 0 Å². The number of carboxylic acids is 1. The Kier molecular flexibility index (Phi) is 3.01. The maximum absolute atomic E-state index is 13.0. The molecule has 0 aliphatic heterocycles. The predicted octanol–water partition coefficient (Wildman–Crippen LogP) is 2.02. The molecule has 0 aromatic heterocycles. The van der Waals surface area contributed by atoms with Gasteiger partial charge in [-0.1, -0.05) is 19.1 Å². The van der Waals surface area contributed by atoms with Crippen LogP contribution in [0.2, 0.25) is 0 Å². The summed E-state index contributed by atoms with van der Waals surface area (Å²) in [7, 11) is 0. The zero-order chi connectivity index (χ0) is 9.84. The predicted molar refractivity (Wildman–Crippen MR) is 47.1 cm³/mol. The number of rotatable bonds is 3. The third-order valence-electron chi connectivity index (χ3n) is 1.85. The second-order valence-corrected chi connectivity index (χ2v) is 2.85. The lowest BCUT2D eigenvalue weighted by atomic mass is 10.1. The van der Waals surface area contributed by atoms with E-state index in [-0.39, 0.29) is 12.2 Å². The van der Waals surface area contributed by atoms with E-state index in [9.17, 15) is 9.18 Å². The van der Waals surface area contributed by atoms with Gasteiger partial charge in [-0.2, -0.15) is 0 Å². The third kappa shape index (κ3) is 2.54. The van der Waals surface area contributed by atoms with Gasteiger partial charge in [0.2, 0.25) is 0 Å². The Labute approximate surface area is 76.0 Å². The molecule has 1 rings (SSSR count). The van der Waals surface area contributed by atoms with Crippen molar-refractivity contribution < 1.29 is 14.3 Å². The number of carbonyl (C=O) groups is 1. The zero-order valence-electron chi connectivity index (χ0n) is 7.38. The minimum absolute atomic E-state index is 0.0483. The molecule has 0 unspecified atom stereocenters. The molecule has 3 heteroatoms. The number of aryl methyl sites for hydroxylation is 1. The van der Waals surface area contributed by atoms with E-state index < -0.39 is 5.97 Å². The van der Waals surface area contributed by atoms with Crippen molar-refractivity contribution in [3.05, 3.63) is 35.1 Å². The van der Waals surface area contributed by atoms with Crippen LogP contribution in [0.1, 0.15) is 18.1 Å². The van der Waals surface area contributed by atoms with E-state index in [1.165, 1.54) is 12.1 Å². The highest BCUT2D eigenvalue weighted by molar-refractivity contribution is 5.70. The Morgan fingerprint density at radius 3 is 2.77 bits per heavy atom. The van der Waals surface area contributed by atoms with Crippen LogP contribution in [-0.4, -0.2) is 11.1 Å². The molecule has 0 aliphatic rings. The van der Waals surface area contributed by atoms with Crippen molar-refractivity contribution in [1.82, 2.24) is 0 Å². The van der Waals surface area contributed by atoms with Crippen LogP contribution >= 0.6 is 0 Å². The standard InChI is InChI=1S/C10H11FO2/c1-2-8-5-7(6-10(12)13)3-4-9(8)11/h3-5H,2,6H2,1H3,(H,12,13). The molecule has 1 aromatic rings. The quantitative estimate of drug-likeness (QED) is 0.776. The van der Waals surface area contributed by atoms with Crippen LogP contribution in [0, 0.1) is 5.82 Å². The smallest absolute Gasteiger partial charge is 0.307 e. The van der Waals surface area contributed by atoms with E-state index in [2.05, 4.69) is 0 Å². The summed E-state index contributed by atoms with van der Waals surface area (Å²) in [6, 6.07) is 4.42. The molecule has 1 aromatic carbocycles. The molecule has 70 valence electrons. The van der Waals surface area contributed by atoms with Gasteiger partial charge in [-0.25, -0.2) is 4.39 Å². The first kappa shape index (κ1) is 9.71. The fourth-order valence-electron chi connectivity index (χ4n) is 1.18. The van der Waals surface area contributed by atoms with Gasteiger partial charge in [0, 0.05) is 0 Å². The molecule has 0 fully saturated rings. The summed E-state index contributed by atoms with van der Waals surface area (Å²) in [5, 5.41) is 8.51. The Morgan fingerprint density at radius 1 is 1.54 bits per heavy atom. The summed E-state index contributed by atoms with van der Waals surface area (Å²) in [5.74, 6) is -1.16. The summed E-state index contributed by atoms with van der Waals surface area (Å²) < 4.78 is 13.0. The number of benzene rings is 1. The summed E-state index contributed by atoms with van der Waals surface area (Å²) >= 11 is 0. The monoisotopic (exact) mass is 182 g/mol. The zero-order valence-corrected chi connectivity index (χ0v) is 7.38. The SMILES string of the molecule is CCc1cc(CC(=O)O)ccc1F. The first-order chi connectivity index (χ1) is 6.13. The molecule has 0 spiro atoms. The second kappa shape index (κ2) is 4.03. The third-order valence-corrected chi connectivity index (χ3v) is 1.85. The molecule has 1 N–H and O–H groups in total. The van der Waals surface area contributed by atoms with Gasteiger partial charge in [-0.3, -0.25) is 4.79 Å². The maximum atomic E-state index is 13.0. The minimum atomic E-state index is -0.895. The molecular formula is C10H11FO2. The average molecular weight is 182 g/mol. The Hall–Kier alpha value is -1.38. The van der Waals surface area contributed by atoms with Crippen molar-refractivity contribution in [2.24, 2.45) is 0 Å². The maximum Gasteiger partial charge on any atom is 0.307 e. The number of halogens is 1. The van der Waals surface area contributed by atoms with Gasteiger partial charge in [0.05, 0.1) is 6.42 Å². The first-order valence-corrected chi connectivity index (χ1v) is 4.12. The van der Waals surface area contributed by atoms with Crippen LogP contribution in [0.4, 0.5) is 4.39 Å². The Balaban J connectivity index is 2.92. The van der Waals surface area contributed by atoms with Crippen LogP contribution in [0.5, 0.6) is 0 Å². The number of hydrogen-bond acceptors (Lipinski definition) is 1. The van der Waals surface area contributed by atoms with Crippen molar-refractivity contribution >= 4 is 5.97 Å². The molecule has 0 aliphatic carbocycles. The van der Waals surface area contributed by atoms with E-state index in [1.807, 2.05) is 6.92 Å². The van der Waals surface area contributed by atoms with E-state index in [0.29, 0.717) is 17.5 Å². The highest BCUT2D eigenvalue weighted by Gasteiger charge is 2.04. The van der Waals surface area contributed by atoms with Gasteiger partial charge in [0.25, 0.3) is 0 Å². The molecule has 0 atom stereocenters. The fourth-order valence-corrected chi connectivity index (χ4v) is 1.18. The molecular weight excluding hydrogens is 171 g/mol. The van der Waals surface area contributed by atoms with Crippen molar-refractivity contribution in [3.8, 4) is 0 Å². The first-order valence-electron chi connectivity index (χ1n) is 4.12. The van der Waals surface area contributed by atoms with Crippen molar-refractivity contribution in [3.63, 3.8) is 0 Å². The highest BCUT2D eigenvalue weighted by atomic mass is 19.1. The molecule has 0 radical (unpaired) electrons. The molecule has 0 saturated heterocycles. The average Bonchev–Trinajstić information content (AvgIpc) is 2.07. The number of aliphatic carboxylic acids is 1. The van der Waals surface area contributed by atoms with Crippen LogP contribution in [-0.2, 0) is 17.6 Å². The van der Waals surface area contributed by atoms with Gasteiger partial charge >= 0.3 is 5.97 Å². The Morgan fingerprint density at radius 2 is 2.23 bits per heavy atom. The minimum Gasteiger partial charge on any atom is -0.481 e. The van der Waals surface area contributed by atoms with Gasteiger partial charge in [-0.15, -0.1) is 0 Å². The van der Waals surface area contributed by atoms with Crippen LogP contribution < -0.4 is 0 Å². The van der Waals surface area contributed by atoms with Crippen molar-refractivity contribution in [2.75, 3.05) is 0 Å².